The number of carboxylic acid groups (broad SMARTS) is 1. The largest absolute Gasteiger partial charge is 0.480 e. The van der Waals surface area contributed by atoms with Crippen LogP contribution < -0.4 is 0 Å². The van der Waals surface area contributed by atoms with Gasteiger partial charge in [0.2, 0.25) is 5.91 Å². The van der Waals surface area contributed by atoms with Crippen molar-refractivity contribution in [2.45, 2.75) is 33.6 Å². The summed E-state index contributed by atoms with van der Waals surface area (Å²) in [5.74, 6) is -1.44. The van der Waals surface area contributed by atoms with E-state index in [1.807, 2.05) is 32.0 Å². The fourth-order valence-electron chi connectivity index (χ4n) is 2.09. The van der Waals surface area contributed by atoms with Crippen LogP contribution in [0.3, 0.4) is 0 Å². The van der Waals surface area contributed by atoms with Gasteiger partial charge in [0.05, 0.1) is 0 Å². The van der Waals surface area contributed by atoms with Crippen molar-refractivity contribution in [1.82, 2.24) is 4.90 Å². The van der Waals surface area contributed by atoms with E-state index in [0.717, 1.165) is 11.1 Å². The summed E-state index contributed by atoms with van der Waals surface area (Å²) >= 11 is 0. The third-order valence-corrected chi connectivity index (χ3v) is 3.32. The van der Waals surface area contributed by atoms with Crippen molar-refractivity contribution in [1.29, 1.82) is 0 Å². The number of rotatable bonds is 7. The molecule has 0 atom stereocenters. The smallest absolute Gasteiger partial charge is 0.323 e. The number of Topliss-reactive ketones (excluding diaryl/α,β-unsaturated/α-hetero) is 1. The van der Waals surface area contributed by atoms with Gasteiger partial charge in [-0.25, -0.2) is 0 Å². The van der Waals surface area contributed by atoms with Crippen molar-refractivity contribution in [3.63, 3.8) is 0 Å². The summed E-state index contributed by atoms with van der Waals surface area (Å²) in [5.41, 5.74) is 2.51. The van der Waals surface area contributed by atoms with Crippen LogP contribution in [0.15, 0.2) is 18.2 Å². The molecule has 5 heteroatoms. The Balaban J connectivity index is 2.65. The fourth-order valence-corrected chi connectivity index (χ4v) is 2.09. The third kappa shape index (κ3) is 5.02. The number of amides is 1. The molecule has 5 nitrogen and oxygen atoms in total. The molecule has 0 fully saturated rings. The number of carboxylic acids is 1. The molecule has 0 aliphatic rings. The molecule has 0 aliphatic heterocycles. The maximum absolute atomic E-state index is 12.2. The summed E-state index contributed by atoms with van der Waals surface area (Å²) in [6.07, 6.45) is 0.132. The first kappa shape index (κ1) is 16.9. The molecule has 0 saturated carbocycles. The second kappa shape index (κ2) is 7.57. The number of likely N-dealkylation sites (N-methyl/N-ethyl adjacent to an activating group) is 1. The second-order valence-electron chi connectivity index (χ2n) is 5.04. The van der Waals surface area contributed by atoms with Crippen LogP contribution in [0, 0.1) is 13.8 Å². The molecule has 1 amide bonds. The van der Waals surface area contributed by atoms with Gasteiger partial charge in [0.1, 0.15) is 6.54 Å². The number of benzene rings is 1. The molecule has 1 aromatic rings. The van der Waals surface area contributed by atoms with Crippen molar-refractivity contribution in [3.8, 4) is 0 Å². The average molecular weight is 291 g/mol. The Labute approximate surface area is 124 Å². The number of carbonyl (C=O) groups is 3. The van der Waals surface area contributed by atoms with Crippen molar-refractivity contribution >= 4 is 17.7 Å². The Morgan fingerprint density at radius 1 is 1.14 bits per heavy atom. The molecule has 114 valence electrons. The average Bonchev–Trinajstić information content (AvgIpc) is 2.44. The lowest BCUT2D eigenvalue weighted by molar-refractivity contribution is -0.144. The normalized spacial score (nSPS) is 10.2. The van der Waals surface area contributed by atoms with Gasteiger partial charge in [-0.1, -0.05) is 17.7 Å². The van der Waals surface area contributed by atoms with Gasteiger partial charge in [-0.3, -0.25) is 14.4 Å². The molecule has 1 N–H and O–H groups in total. The molecule has 0 radical (unpaired) electrons. The summed E-state index contributed by atoms with van der Waals surface area (Å²) < 4.78 is 0. The van der Waals surface area contributed by atoms with E-state index in [0.29, 0.717) is 12.1 Å². The van der Waals surface area contributed by atoms with Crippen molar-refractivity contribution < 1.29 is 19.5 Å². The molecule has 0 unspecified atom stereocenters. The summed E-state index contributed by atoms with van der Waals surface area (Å²) in [7, 11) is 0. The van der Waals surface area contributed by atoms with Crippen LogP contribution in [0.1, 0.15) is 41.3 Å². The highest BCUT2D eigenvalue weighted by atomic mass is 16.4. The number of nitrogens with zero attached hydrogens (tertiary/aromatic N) is 1. The van der Waals surface area contributed by atoms with E-state index in [2.05, 4.69) is 0 Å². The fraction of sp³-hybridized carbons (Fsp3) is 0.438. The lowest BCUT2D eigenvalue weighted by atomic mass is 9.99. The zero-order valence-electron chi connectivity index (χ0n) is 12.7. The maximum Gasteiger partial charge on any atom is 0.323 e. The molecule has 0 heterocycles. The Hall–Kier alpha value is -2.17. The van der Waals surface area contributed by atoms with Gasteiger partial charge in [0, 0.05) is 24.9 Å². The van der Waals surface area contributed by atoms with Crippen LogP contribution in [0.5, 0.6) is 0 Å². The summed E-state index contributed by atoms with van der Waals surface area (Å²) in [4.78, 5) is 36.0. The van der Waals surface area contributed by atoms with Crippen LogP contribution in [-0.4, -0.2) is 40.8 Å². The maximum atomic E-state index is 12.2. The zero-order chi connectivity index (χ0) is 16.0. The SMILES string of the molecule is CCN(CC(=O)O)C(=O)CCC(=O)c1cc(C)ccc1C. The predicted molar refractivity (Wildman–Crippen MR) is 79.4 cm³/mol. The number of hydrogen-bond donors (Lipinski definition) is 1. The van der Waals surface area contributed by atoms with Gasteiger partial charge in [-0.2, -0.15) is 0 Å². The topological polar surface area (TPSA) is 74.7 Å². The van der Waals surface area contributed by atoms with E-state index in [4.69, 9.17) is 5.11 Å². The molecule has 21 heavy (non-hydrogen) atoms. The minimum atomic E-state index is -1.05. The highest BCUT2D eigenvalue weighted by Gasteiger charge is 2.17. The highest BCUT2D eigenvalue weighted by molar-refractivity contribution is 5.99. The van der Waals surface area contributed by atoms with Gasteiger partial charge < -0.3 is 10.0 Å². The van der Waals surface area contributed by atoms with E-state index >= 15 is 0 Å². The minimum Gasteiger partial charge on any atom is -0.480 e. The number of hydrogen-bond acceptors (Lipinski definition) is 3. The first-order valence-electron chi connectivity index (χ1n) is 6.95. The summed E-state index contributed by atoms with van der Waals surface area (Å²) in [5, 5.41) is 8.73. The van der Waals surface area contributed by atoms with Crippen molar-refractivity contribution in [3.05, 3.63) is 34.9 Å². The van der Waals surface area contributed by atoms with Gasteiger partial charge >= 0.3 is 5.97 Å². The van der Waals surface area contributed by atoms with Crippen molar-refractivity contribution in [2.75, 3.05) is 13.1 Å². The standard InChI is InChI=1S/C16H21NO4/c1-4-17(10-16(20)21)15(19)8-7-14(18)13-9-11(2)5-6-12(13)3/h5-6,9H,4,7-8,10H2,1-3H3,(H,20,21). The van der Waals surface area contributed by atoms with Gasteiger partial charge in [0.15, 0.2) is 5.78 Å². The predicted octanol–water partition coefficient (Wildman–Crippen LogP) is 2.20. The zero-order valence-corrected chi connectivity index (χ0v) is 12.7. The van der Waals surface area contributed by atoms with Crippen LogP contribution >= 0.6 is 0 Å². The molecule has 0 aromatic heterocycles. The quantitative estimate of drug-likeness (QED) is 0.781. The second-order valence-corrected chi connectivity index (χ2v) is 5.04. The highest BCUT2D eigenvalue weighted by Crippen LogP contribution is 2.14. The molecule has 1 aromatic carbocycles. The molecular weight excluding hydrogens is 270 g/mol. The lowest BCUT2D eigenvalue weighted by Crippen LogP contribution is -2.35. The molecule has 0 bridgehead atoms. The Morgan fingerprint density at radius 3 is 2.38 bits per heavy atom. The first-order chi connectivity index (χ1) is 9.85. The van der Waals surface area contributed by atoms with E-state index < -0.39 is 5.97 Å². The van der Waals surface area contributed by atoms with Gasteiger partial charge in [-0.15, -0.1) is 0 Å². The van der Waals surface area contributed by atoms with E-state index in [1.54, 1.807) is 6.92 Å². The Kier molecular flexibility index (Phi) is 6.09. The summed E-state index contributed by atoms with van der Waals surface area (Å²) in [6, 6.07) is 5.63. The molecular formula is C16H21NO4. The summed E-state index contributed by atoms with van der Waals surface area (Å²) in [6.45, 7) is 5.48. The number of ketones is 1. The van der Waals surface area contributed by atoms with E-state index in [9.17, 15) is 14.4 Å². The van der Waals surface area contributed by atoms with Crippen LogP contribution in [-0.2, 0) is 9.59 Å². The number of aliphatic carboxylic acids is 1. The first-order valence-corrected chi connectivity index (χ1v) is 6.95. The minimum absolute atomic E-state index is 0.0351. The van der Waals surface area contributed by atoms with Crippen LogP contribution in [0.2, 0.25) is 0 Å². The van der Waals surface area contributed by atoms with Crippen LogP contribution in [0.25, 0.3) is 0 Å². The monoisotopic (exact) mass is 291 g/mol. The van der Waals surface area contributed by atoms with E-state index in [1.165, 1.54) is 4.90 Å². The van der Waals surface area contributed by atoms with Crippen molar-refractivity contribution in [2.24, 2.45) is 0 Å². The van der Waals surface area contributed by atoms with Crippen LogP contribution in [0.4, 0.5) is 0 Å². The van der Waals surface area contributed by atoms with E-state index in [-0.39, 0.29) is 31.1 Å². The number of carbonyl (C=O) groups excluding carboxylic acids is 2. The molecule has 0 aliphatic carbocycles. The van der Waals surface area contributed by atoms with Gasteiger partial charge in [0.25, 0.3) is 0 Å². The Morgan fingerprint density at radius 2 is 1.81 bits per heavy atom. The number of aryl methyl sites for hydroxylation is 2. The lowest BCUT2D eigenvalue weighted by Gasteiger charge is -2.18. The Bertz CT molecular complexity index is 551. The molecule has 0 saturated heterocycles. The molecule has 0 spiro atoms. The third-order valence-electron chi connectivity index (χ3n) is 3.32. The van der Waals surface area contributed by atoms with Gasteiger partial charge in [-0.05, 0) is 32.4 Å². The molecule has 1 rings (SSSR count).